The minimum absolute atomic E-state index is 0.271. The average molecular weight is 387 g/mol. The van der Waals surface area contributed by atoms with Gasteiger partial charge in [0.15, 0.2) is 0 Å². The quantitative estimate of drug-likeness (QED) is 0.526. The maximum absolute atomic E-state index is 12.5. The number of nitrogens with one attached hydrogen (secondary N) is 2. The van der Waals surface area contributed by atoms with Crippen LogP contribution in [-0.4, -0.2) is 33.0 Å². The van der Waals surface area contributed by atoms with E-state index in [9.17, 15) is 4.79 Å². The Bertz CT molecular complexity index is 1130. The van der Waals surface area contributed by atoms with Crippen LogP contribution in [0.25, 0.3) is 11.3 Å². The number of H-pyrrole nitrogens is 1. The normalized spacial score (nSPS) is 10.7. The molecule has 29 heavy (non-hydrogen) atoms. The molecule has 0 fully saturated rings. The van der Waals surface area contributed by atoms with E-state index in [2.05, 4.69) is 45.7 Å². The van der Waals surface area contributed by atoms with Gasteiger partial charge in [-0.2, -0.15) is 10.2 Å². The predicted octanol–water partition coefficient (Wildman–Crippen LogP) is 3.89. The van der Waals surface area contributed by atoms with Gasteiger partial charge in [-0.25, -0.2) is 0 Å². The molecule has 4 aromatic rings. The Morgan fingerprint density at radius 2 is 2.00 bits per heavy atom. The number of aromatic nitrogens is 4. The van der Waals surface area contributed by atoms with Gasteiger partial charge < -0.3 is 10.1 Å². The molecule has 0 saturated carbocycles. The number of hydrogen-bond acceptors (Lipinski definition) is 4. The first-order chi connectivity index (χ1) is 14.1. The van der Waals surface area contributed by atoms with Crippen LogP contribution >= 0.6 is 0 Å². The molecule has 0 atom stereocenters. The number of nitrogens with zero attached hydrogens (tertiary/aromatic N) is 3. The van der Waals surface area contributed by atoms with Crippen LogP contribution in [0.2, 0.25) is 0 Å². The van der Waals surface area contributed by atoms with Crippen LogP contribution in [0.1, 0.15) is 21.6 Å². The highest BCUT2D eigenvalue weighted by molar-refractivity contribution is 6.03. The van der Waals surface area contributed by atoms with Crippen LogP contribution in [0, 0.1) is 6.92 Å². The largest absolute Gasteiger partial charge is 0.497 e. The highest BCUT2D eigenvalue weighted by atomic mass is 16.5. The van der Waals surface area contributed by atoms with Crippen molar-refractivity contribution in [3.63, 3.8) is 0 Å². The van der Waals surface area contributed by atoms with E-state index < -0.39 is 0 Å². The molecule has 0 radical (unpaired) electrons. The zero-order valence-electron chi connectivity index (χ0n) is 16.2. The van der Waals surface area contributed by atoms with Crippen molar-refractivity contribution in [1.29, 1.82) is 0 Å². The van der Waals surface area contributed by atoms with Gasteiger partial charge in [0.25, 0.3) is 5.91 Å². The van der Waals surface area contributed by atoms with Gasteiger partial charge >= 0.3 is 0 Å². The van der Waals surface area contributed by atoms with Crippen molar-refractivity contribution in [2.75, 3.05) is 12.4 Å². The summed E-state index contributed by atoms with van der Waals surface area (Å²) >= 11 is 0. The first kappa shape index (κ1) is 18.5. The molecule has 0 bridgehead atoms. The highest BCUT2D eigenvalue weighted by Gasteiger charge is 2.12. The van der Waals surface area contributed by atoms with Crippen molar-refractivity contribution in [3.8, 4) is 17.0 Å². The number of anilines is 1. The van der Waals surface area contributed by atoms with Crippen LogP contribution in [0.15, 0.2) is 67.0 Å². The number of methoxy groups -OCH3 is 1. The van der Waals surface area contributed by atoms with Gasteiger partial charge in [0.1, 0.15) is 11.4 Å². The summed E-state index contributed by atoms with van der Waals surface area (Å²) in [5.41, 5.74) is 4.95. The van der Waals surface area contributed by atoms with Crippen LogP contribution in [0.3, 0.4) is 0 Å². The number of hydrogen-bond donors (Lipinski definition) is 2. The first-order valence-corrected chi connectivity index (χ1v) is 9.20. The van der Waals surface area contributed by atoms with Crippen molar-refractivity contribution < 1.29 is 9.53 Å². The van der Waals surface area contributed by atoms with E-state index in [1.54, 1.807) is 30.3 Å². The van der Waals surface area contributed by atoms with Gasteiger partial charge in [-0.05, 0) is 42.8 Å². The summed E-state index contributed by atoms with van der Waals surface area (Å²) in [6, 6.07) is 17.5. The second kappa shape index (κ2) is 8.02. The Morgan fingerprint density at radius 1 is 1.17 bits per heavy atom. The molecule has 0 saturated heterocycles. The molecule has 0 aliphatic carbocycles. The Labute approximate surface area is 168 Å². The molecule has 2 N–H and O–H groups in total. The third-order valence-corrected chi connectivity index (χ3v) is 4.53. The molecule has 4 rings (SSSR count). The van der Waals surface area contributed by atoms with Gasteiger partial charge in [0.05, 0.1) is 31.2 Å². The number of amides is 1. The monoisotopic (exact) mass is 387 g/mol. The molecule has 7 nitrogen and oxygen atoms in total. The number of carbonyl (C=O) groups is 1. The number of ether oxygens (including phenoxy) is 1. The average Bonchev–Trinajstić information content (AvgIpc) is 3.38. The molecule has 2 aromatic carbocycles. The predicted molar refractivity (Wildman–Crippen MR) is 111 cm³/mol. The minimum Gasteiger partial charge on any atom is -0.497 e. The minimum atomic E-state index is -0.271. The van der Waals surface area contributed by atoms with E-state index in [4.69, 9.17) is 4.74 Å². The first-order valence-electron chi connectivity index (χ1n) is 9.20. The lowest BCUT2D eigenvalue weighted by molar-refractivity contribution is 0.102. The molecular formula is C22H21N5O2. The highest BCUT2D eigenvalue weighted by Crippen LogP contribution is 2.21. The second-order valence-electron chi connectivity index (χ2n) is 6.77. The lowest BCUT2D eigenvalue weighted by atomic mass is 10.1. The fraction of sp³-hybridized carbons (Fsp3) is 0.136. The number of aryl methyl sites for hydroxylation is 1. The molecule has 1 amide bonds. The zero-order valence-corrected chi connectivity index (χ0v) is 16.2. The fourth-order valence-corrected chi connectivity index (χ4v) is 3.06. The molecule has 2 aromatic heterocycles. The number of rotatable bonds is 6. The molecule has 0 aliphatic heterocycles. The van der Waals surface area contributed by atoms with Crippen LogP contribution in [0.4, 0.5) is 5.69 Å². The Morgan fingerprint density at radius 3 is 2.76 bits per heavy atom. The summed E-state index contributed by atoms with van der Waals surface area (Å²) < 4.78 is 6.95. The molecule has 0 aliphatic rings. The second-order valence-corrected chi connectivity index (χ2v) is 6.77. The van der Waals surface area contributed by atoms with Crippen molar-refractivity contribution in [2.45, 2.75) is 13.5 Å². The molecule has 2 heterocycles. The molecule has 146 valence electrons. The standard InChI is InChI=1S/C22H21N5O2/c1-15-4-3-5-16(10-15)13-27-14-18(12-23-27)24-22(28)21-11-20(25-26-21)17-6-8-19(29-2)9-7-17/h3-12,14H,13H2,1-2H3,(H,24,28)(H,25,26). The summed E-state index contributed by atoms with van der Waals surface area (Å²) in [4.78, 5) is 12.5. The lowest BCUT2D eigenvalue weighted by Gasteiger charge is -2.03. The van der Waals surface area contributed by atoms with Crippen LogP contribution in [0.5, 0.6) is 5.75 Å². The number of aromatic amines is 1. The van der Waals surface area contributed by atoms with E-state index in [0.717, 1.165) is 16.9 Å². The van der Waals surface area contributed by atoms with Crippen molar-refractivity contribution >= 4 is 11.6 Å². The third kappa shape index (κ3) is 4.35. The van der Waals surface area contributed by atoms with Gasteiger partial charge in [-0.3, -0.25) is 14.6 Å². The van der Waals surface area contributed by atoms with Crippen molar-refractivity contribution in [1.82, 2.24) is 20.0 Å². The van der Waals surface area contributed by atoms with Gasteiger partial charge in [-0.15, -0.1) is 0 Å². The van der Waals surface area contributed by atoms with E-state index in [1.165, 1.54) is 5.56 Å². The zero-order chi connectivity index (χ0) is 20.2. The lowest BCUT2D eigenvalue weighted by Crippen LogP contribution is -2.11. The van der Waals surface area contributed by atoms with E-state index in [-0.39, 0.29) is 5.91 Å². The van der Waals surface area contributed by atoms with E-state index >= 15 is 0 Å². The molecule has 7 heteroatoms. The number of benzene rings is 2. The Kier molecular flexibility index (Phi) is 5.11. The SMILES string of the molecule is COc1ccc(-c2cc(C(=O)Nc3cnn(Cc4cccc(C)c4)c3)[nH]n2)cc1. The van der Waals surface area contributed by atoms with Crippen LogP contribution < -0.4 is 10.1 Å². The maximum Gasteiger partial charge on any atom is 0.273 e. The summed E-state index contributed by atoms with van der Waals surface area (Å²) in [7, 11) is 1.62. The smallest absolute Gasteiger partial charge is 0.273 e. The Balaban J connectivity index is 1.42. The van der Waals surface area contributed by atoms with Crippen molar-refractivity contribution in [3.05, 3.63) is 83.8 Å². The summed E-state index contributed by atoms with van der Waals surface area (Å²) in [5.74, 6) is 0.497. The van der Waals surface area contributed by atoms with Gasteiger partial charge in [0.2, 0.25) is 0 Å². The number of carbonyl (C=O) groups excluding carboxylic acids is 1. The van der Waals surface area contributed by atoms with E-state index in [1.807, 2.05) is 30.3 Å². The summed E-state index contributed by atoms with van der Waals surface area (Å²) in [6.07, 6.45) is 3.44. The third-order valence-electron chi connectivity index (χ3n) is 4.53. The summed E-state index contributed by atoms with van der Waals surface area (Å²) in [6.45, 7) is 2.70. The Hall–Kier alpha value is -3.87. The van der Waals surface area contributed by atoms with E-state index in [0.29, 0.717) is 23.6 Å². The molecule has 0 unspecified atom stereocenters. The molecular weight excluding hydrogens is 366 g/mol. The summed E-state index contributed by atoms with van der Waals surface area (Å²) in [5, 5.41) is 14.2. The molecule has 0 spiro atoms. The topological polar surface area (TPSA) is 84.8 Å². The van der Waals surface area contributed by atoms with Crippen LogP contribution in [-0.2, 0) is 6.54 Å². The fourth-order valence-electron chi connectivity index (χ4n) is 3.06. The van der Waals surface area contributed by atoms with Crippen molar-refractivity contribution in [2.24, 2.45) is 0 Å². The van der Waals surface area contributed by atoms with Gasteiger partial charge in [0, 0.05) is 11.8 Å². The van der Waals surface area contributed by atoms with Gasteiger partial charge in [-0.1, -0.05) is 29.8 Å². The maximum atomic E-state index is 12.5.